The van der Waals surface area contributed by atoms with Crippen LogP contribution in [0.1, 0.15) is 19.8 Å². The number of anilines is 1. The molecule has 5 heteroatoms. The van der Waals surface area contributed by atoms with Gasteiger partial charge in [0.1, 0.15) is 0 Å². The van der Waals surface area contributed by atoms with Crippen LogP contribution in [0.25, 0.3) is 11.3 Å². The SMILES string of the molecule is CCCCNc1nc(-c2ccncc2)cc(=O)n1C. The predicted molar refractivity (Wildman–Crippen MR) is 76.1 cm³/mol. The van der Waals surface area contributed by atoms with E-state index < -0.39 is 0 Å². The molecule has 0 aliphatic heterocycles. The van der Waals surface area contributed by atoms with Crippen molar-refractivity contribution in [1.29, 1.82) is 0 Å². The number of hydrogen-bond donors (Lipinski definition) is 1. The monoisotopic (exact) mass is 258 g/mol. The maximum Gasteiger partial charge on any atom is 0.255 e. The van der Waals surface area contributed by atoms with Crippen molar-refractivity contribution in [1.82, 2.24) is 14.5 Å². The zero-order chi connectivity index (χ0) is 13.7. The highest BCUT2D eigenvalue weighted by molar-refractivity contribution is 5.59. The lowest BCUT2D eigenvalue weighted by atomic mass is 10.2. The van der Waals surface area contributed by atoms with Gasteiger partial charge in [-0.15, -0.1) is 0 Å². The Bertz CT molecular complexity index is 592. The van der Waals surface area contributed by atoms with Crippen LogP contribution in [0.2, 0.25) is 0 Å². The molecular weight excluding hydrogens is 240 g/mol. The van der Waals surface area contributed by atoms with Gasteiger partial charge in [-0.2, -0.15) is 0 Å². The molecular formula is C14H18N4O. The number of rotatable bonds is 5. The molecule has 0 aliphatic carbocycles. The number of hydrogen-bond acceptors (Lipinski definition) is 4. The summed E-state index contributed by atoms with van der Waals surface area (Å²) in [7, 11) is 1.72. The lowest BCUT2D eigenvalue weighted by Gasteiger charge is -2.11. The van der Waals surface area contributed by atoms with Gasteiger partial charge in [-0.05, 0) is 18.6 Å². The average molecular weight is 258 g/mol. The van der Waals surface area contributed by atoms with Gasteiger partial charge in [-0.3, -0.25) is 14.3 Å². The van der Waals surface area contributed by atoms with Crippen molar-refractivity contribution in [2.24, 2.45) is 7.05 Å². The van der Waals surface area contributed by atoms with E-state index in [2.05, 4.69) is 22.2 Å². The van der Waals surface area contributed by atoms with Crippen LogP contribution < -0.4 is 10.9 Å². The van der Waals surface area contributed by atoms with Gasteiger partial charge in [0.25, 0.3) is 5.56 Å². The zero-order valence-corrected chi connectivity index (χ0v) is 11.3. The molecule has 2 aromatic heterocycles. The second-order valence-electron chi connectivity index (χ2n) is 4.38. The third-order valence-electron chi connectivity index (χ3n) is 2.92. The second kappa shape index (κ2) is 6.13. The highest BCUT2D eigenvalue weighted by Gasteiger charge is 2.06. The molecule has 5 nitrogen and oxygen atoms in total. The van der Waals surface area contributed by atoms with Crippen molar-refractivity contribution in [2.75, 3.05) is 11.9 Å². The van der Waals surface area contributed by atoms with E-state index in [0.717, 1.165) is 24.9 Å². The van der Waals surface area contributed by atoms with Gasteiger partial charge in [0.15, 0.2) is 0 Å². The minimum absolute atomic E-state index is 0.0687. The molecule has 1 N–H and O–H groups in total. The standard InChI is InChI=1S/C14H18N4O/c1-3-4-7-16-14-17-12(10-13(19)18(14)2)11-5-8-15-9-6-11/h5-6,8-10H,3-4,7H2,1-2H3,(H,16,17). The average Bonchev–Trinajstić information content (AvgIpc) is 2.44. The first kappa shape index (κ1) is 13.3. The normalized spacial score (nSPS) is 10.4. The summed E-state index contributed by atoms with van der Waals surface area (Å²) in [6, 6.07) is 5.23. The molecule has 0 spiro atoms. The van der Waals surface area contributed by atoms with E-state index in [0.29, 0.717) is 11.6 Å². The van der Waals surface area contributed by atoms with Gasteiger partial charge in [-0.1, -0.05) is 13.3 Å². The molecule has 2 heterocycles. The van der Waals surface area contributed by atoms with Gasteiger partial charge in [0.05, 0.1) is 5.69 Å². The summed E-state index contributed by atoms with van der Waals surface area (Å²) in [5, 5.41) is 3.20. The third kappa shape index (κ3) is 3.19. The fraction of sp³-hybridized carbons (Fsp3) is 0.357. The molecule has 0 fully saturated rings. The maximum absolute atomic E-state index is 11.9. The quantitative estimate of drug-likeness (QED) is 0.834. The van der Waals surface area contributed by atoms with Crippen LogP contribution in [0.3, 0.4) is 0 Å². The number of nitrogens with one attached hydrogen (secondary N) is 1. The van der Waals surface area contributed by atoms with Crippen molar-refractivity contribution in [3.05, 3.63) is 40.9 Å². The first-order valence-electron chi connectivity index (χ1n) is 6.44. The van der Waals surface area contributed by atoms with E-state index in [-0.39, 0.29) is 5.56 Å². The van der Waals surface area contributed by atoms with Crippen LogP contribution in [-0.4, -0.2) is 21.1 Å². The van der Waals surface area contributed by atoms with Crippen LogP contribution in [0.15, 0.2) is 35.4 Å². The molecule has 0 aromatic carbocycles. The van der Waals surface area contributed by atoms with Gasteiger partial charge in [-0.25, -0.2) is 4.98 Å². The summed E-state index contributed by atoms with van der Waals surface area (Å²) < 4.78 is 1.53. The van der Waals surface area contributed by atoms with Crippen molar-refractivity contribution in [2.45, 2.75) is 19.8 Å². The van der Waals surface area contributed by atoms with E-state index in [4.69, 9.17) is 0 Å². The summed E-state index contributed by atoms with van der Waals surface area (Å²) in [5.41, 5.74) is 1.50. The maximum atomic E-state index is 11.9. The highest BCUT2D eigenvalue weighted by atomic mass is 16.1. The van der Waals surface area contributed by atoms with Gasteiger partial charge >= 0.3 is 0 Å². The number of pyridine rings is 1. The number of nitrogens with zero attached hydrogens (tertiary/aromatic N) is 3. The van der Waals surface area contributed by atoms with Gasteiger partial charge < -0.3 is 5.32 Å². The molecule has 0 saturated carbocycles. The Hall–Kier alpha value is -2.17. The topological polar surface area (TPSA) is 59.8 Å². The summed E-state index contributed by atoms with van der Waals surface area (Å²) >= 11 is 0. The van der Waals surface area contributed by atoms with Gasteiger partial charge in [0, 0.05) is 37.6 Å². The van der Waals surface area contributed by atoms with Crippen molar-refractivity contribution in [3.63, 3.8) is 0 Å². The predicted octanol–water partition coefficient (Wildman–Crippen LogP) is 2.05. The van der Waals surface area contributed by atoms with Crippen molar-refractivity contribution < 1.29 is 0 Å². The van der Waals surface area contributed by atoms with Gasteiger partial charge in [0.2, 0.25) is 5.95 Å². The van der Waals surface area contributed by atoms with Crippen molar-refractivity contribution in [3.8, 4) is 11.3 Å². The minimum Gasteiger partial charge on any atom is -0.356 e. The third-order valence-corrected chi connectivity index (χ3v) is 2.92. The number of unbranched alkanes of at least 4 members (excludes halogenated alkanes) is 1. The Morgan fingerprint density at radius 2 is 2.05 bits per heavy atom. The molecule has 0 saturated heterocycles. The van der Waals surface area contributed by atoms with E-state index >= 15 is 0 Å². The Morgan fingerprint density at radius 1 is 1.32 bits per heavy atom. The largest absolute Gasteiger partial charge is 0.356 e. The van der Waals surface area contributed by atoms with Crippen molar-refractivity contribution >= 4 is 5.95 Å². The second-order valence-corrected chi connectivity index (χ2v) is 4.38. The fourth-order valence-electron chi connectivity index (χ4n) is 1.75. The molecule has 100 valence electrons. The van der Waals surface area contributed by atoms with Crippen LogP contribution in [0, 0.1) is 0 Å². The molecule has 19 heavy (non-hydrogen) atoms. The molecule has 2 rings (SSSR count). The van der Waals surface area contributed by atoms with E-state index in [1.54, 1.807) is 25.5 Å². The van der Waals surface area contributed by atoms with E-state index in [9.17, 15) is 4.79 Å². The summed E-state index contributed by atoms with van der Waals surface area (Å²) in [5.74, 6) is 0.604. The molecule has 0 amide bonds. The highest BCUT2D eigenvalue weighted by Crippen LogP contribution is 2.15. The summed E-state index contributed by atoms with van der Waals surface area (Å²) in [6.07, 6.45) is 5.54. The van der Waals surface area contributed by atoms with Crippen LogP contribution in [0.4, 0.5) is 5.95 Å². The molecule has 0 atom stereocenters. The summed E-state index contributed by atoms with van der Waals surface area (Å²) in [6.45, 7) is 2.94. The fourth-order valence-corrected chi connectivity index (χ4v) is 1.75. The Labute approximate surface area is 112 Å². The van der Waals surface area contributed by atoms with Crippen LogP contribution >= 0.6 is 0 Å². The Kier molecular flexibility index (Phi) is 4.28. The van der Waals surface area contributed by atoms with E-state index in [1.165, 1.54) is 4.57 Å². The molecule has 0 aliphatic rings. The smallest absolute Gasteiger partial charge is 0.255 e. The zero-order valence-electron chi connectivity index (χ0n) is 11.3. The first-order valence-corrected chi connectivity index (χ1v) is 6.44. The van der Waals surface area contributed by atoms with Crippen LogP contribution in [-0.2, 0) is 7.05 Å². The lowest BCUT2D eigenvalue weighted by molar-refractivity contribution is 0.786. The molecule has 2 aromatic rings. The van der Waals surface area contributed by atoms with E-state index in [1.807, 2.05) is 12.1 Å². The Balaban J connectivity index is 2.34. The number of aromatic nitrogens is 3. The molecule has 0 radical (unpaired) electrons. The summed E-state index contributed by atoms with van der Waals surface area (Å²) in [4.78, 5) is 20.4. The Morgan fingerprint density at radius 3 is 2.74 bits per heavy atom. The molecule has 0 bridgehead atoms. The lowest BCUT2D eigenvalue weighted by Crippen LogP contribution is -2.22. The minimum atomic E-state index is -0.0687. The first-order chi connectivity index (χ1) is 9.22. The van der Waals surface area contributed by atoms with Crippen LogP contribution in [0.5, 0.6) is 0 Å². The molecule has 0 unspecified atom stereocenters.